The SMILES string of the molecule is COc1cc(OC)nc(NS(=O)(=O)CBr)n1. The van der Waals surface area contributed by atoms with Crippen molar-refractivity contribution in [1.82, 2.24) is 9.97 Å². The van der Waals surface area contributed by atoms with Crippen molar-refractivity contribution in [3.63, 3.8) is 0 Å². The molecule has 0 fully saturated rings. The Balaban J connectivity index is 3.04. The molecule has 1 aromatic rings. The number of aromatic nitrogens is 2. The van der Waals surface area contributed by atoms with Crippen LogP contribution in [0.1, 0.15) is 0 Å². The van der Waals surface area contributed by atoms with E-state index in [4.69, 9.17) is 9.47 Å². The zero-order chi connectivity index (χ0) is 12.2. The molecule has 1 N–H and O–H groups in total. The van der Waals surface area contributed by atoms with E-state index in [-0.39, 0.29) is 22.4 Å². The third kappa shape index (κ3) is 3.49. The maximum atomic E-state index is 11.2. The second-order valence-corrected chi connectivity index (χ2v) is 5.63. The van der Waals surface area contributed by atoms with Gasteiger partial charge in [0.2, 0.25) is 27.7 Å². The largest absolute Gasteiger partial charge is 0.481 e. The number of halogens is 1. The number of alkyl halides is 1. The van der Waals surface area contributed by atoms with Crippen LogP contribution in [0.5, 0.6) is 11.8 Å². The lowest BCUT2D eigenvalue weighted by molar-refractivity contribution is 0.373. The van der Waals surface area contributed by atoms with E-state index < -0.39 is 10.0 Å². The van der Waals surface area contributed by atoms with Crippen LogP contribution in [-0.2, 0) is 10.0 Å². The van der Waals surface area contributed by atoms with Crippen LogP contribution in [0.3, 0.4) is 0 Å². The van der Waals surface area contributed by atoms with Gasteiger partial charge in [-0.05, 0) is 0 Å². The van der Waals surface area contributed by atoms with Crippen LogP contribution in [0.2, 0.25) is 0 Å². The first-order valence-electron chi connectivity index (χ1n) is 4.04. The Morgan fingerprint density at radius 3 is 2.19 bits per heavy atom. The van der Waals surface area contributed by atoms with E-state index in [2.05, 4.69) is 30.6 Å². The van der Waals surface area contributed by atoms with Crippen LogP contribution in [0.15, 0.2) is 6.07 Å². The molecular formula is C7H10BrN3O4S. The Labute approximate surface area is 101 Å². The van der Waals surface area contributed by atoms with Gasteiger partial charge in [0, 0.05) is 0 Å². The number of methoxy groups -OCH3 is 2. The van der Waals surface area contributed by atoms with E-state index in [0.717, 1.165) is 0 Å². The van der Waals surface area contributed by atoms with Crippen molar-refractivity contribution in [3.8, 4) is 11.8 Å². The summed E-state index contributed by atoms with van der Waals surface area (Å²) in [5, 5.41) is 0. The fourth-order valence-corrected chi connectivity index (χ4v) is 1.59. The molecule has 0 spiro atoms. The monoisotopic (exact) mass is 311 g/mol. The van der Waals surface area contributed by atoms with Crippen LogP contribution in [0.25, 0.3) is 0 Å². The first-order chi connectivity index (χ1) is 7.50. The molecule has 1 rings (SSSR count). The van der Waals surface area contributed by atoms with Crippen molar-refractivity contribution in [2.75, 3.05) is 23.6 Å². The number of ether oxygens (including phenoxy) is 2. The lowest BCUT2D eigenvalue weighted by atomic mass is 10.6. The minimum Gasteiger partial charge on any atom is -0.481 e. The fourth-order valence-electron chi connectivity index (χ4n) is 0.825. The molecule has 0 unspecified atom stereocenters. The predicted molar refractivity (Wildman–Crippen MR) is 61.5 cm³/mol. The second kappa shape index (κ2) is 5.30. The molecule has 0 aliphatic heterocycles. The highest BCUT2D eigenvalue weighted by Crippen LogP contribution is 2.18. The van der Waals surface area contributed by atoms with Gasteiger partial charge in [-0.1, -0.05) is 15.9 Å². The van der Waals surface area contributed by atoms with E-state index in [0.29, 0.717) is 0 Å². The standard InChI is InChI=1S/C7H10BrN3O4S/c1-14-5-3-6(15-2)10-7(9-5)11-16(12,13)4-8/h3H,4H2,1-2H3,(H,9,10,11). The molecule has 0 aromatic carbocycles. The van der Waals surface area contributed by atoms with E-state index >= 15 is 0 Å². The smallest absolute Gasteiger partial charge is 0.245 e. The first kappa shape index (κ1) is 13.0. The summed E-state index contributed by atoms with van der Waals surface area (Å²) >= 11 is 2.83. The van der Waals surface area contributed by atoms with Crippen molar-refractivity contribution in [2.45, 2.75) is 0 Å². The number of anilines is 1. The first-order valence-corrected chi connectivity index (χ1v) is 6.81. The zero-order valence-electron chi connectivity index (χ0n) is 8.60. The Hall–Kier alpha value is -1.09. The fraction of sp³-hybridized carbons (Fsp3) is 0.429. The second-order valence-electron chi connectivity index (χ2n) is 2.60. The van der Waals surface area contributed by atoms with E-state index in [1.807, 2.05) is 0 Å². The molecule has 0 bridgehead atoms. The Kier molecular flexibility index (Phi) is 4.30. The molecule has 0 atom stereocenters. The number of hydrogen-bond acceptors (Lipinski definition) is 6. The topological polar surface area (TPSA) is 90.4 Å². The average Bonchev–Trinajstić information content (AvgIpc) is 2.28. The van der Waals surface area contributed by atoms with Crippen molar-refractivity contribution in [3.05, 3.63) is 6.07 Å². The highest BCUT2D eigenvalue weighted by molar-refractivity contribution is 9.10. The third-order valence-electron chi connectivity index (χ3n) is 1.49. The minimum atomic E-state index is -3.49. The number of hydrogen-bond donors (Lipinski definition) is 1. The van der Waals surface area contributed by atoms with Gasteiger partial charge in [0.15, 0.2) is 0 Å². The maximum Gasteiger partial charge on any atom is 0.245 e. The molecule has 0 radical (unpaired) electrons. The highest BCUT2D eigenvalue weighted by atomic mass is 79.9. The van der Waals surface area contributed by atoms with Crippen molar-refractivity contribution in [2.24, 2.45) is 0 Å². The number of rotatable bonds is 5. The summed E-state index contributed by atoms with van der Waals surface area (Å²) in [5.41, 5.74) is 0. The molecule has 9 heteroatoms. The van der Waals surface area contributed by atoms with Gasteiger partial charge in [0.05, 0.1) is 20.3 Å². The van der Waals surface area contributed by atoms with Gasteiger partial charge in [-0.25, -0.2) is 8.42 Å². The van der Waals surface area contributed by atoms with Crippen molar-refractivity contribution >= 4 is 31.9 Å². The predicted octanol–water partition coefficient (Wildman–Crippen LogP) is 0.588. The molecule has 0 saturated carbocycles. The van der Waals surface area contributed by atoms with Crippen LogP contribution in [0.4, 0.5) is 5.95 Å². The summed E-state index contributed by atoms with van der Waals surface area (Å²) in [6.45, 7) is 0. The summed E-state index contributed by atoms with van der Waals surface area (Å²) in [7, 11) is -0.677. The lowest BCUT2D eigenvalue weighted by Gasteiger charge is -2.07. The van der Waals surface area contributed by atoms with Gasteiger partial charge in [-0.15, -0.1) is 0 Å². The van der Waals surface area contributed by atoms with Gasteiger partial charge in [0.25, 0.3) is 0 Å². The van der Waals surface area contributed by atoms with Gasteiger partial charge in [-0.3, -0.25) is 4.72 Å². The third-order valence-corrected chi connectivity index (χ3v) is 4.08. The summed E-state index contributed by atoms with van der Waals surface area (Å²) in [4.78, 5) is 7.62. The molecule has 0 saturated heterocycles. The molecule has 7 nitrogen and oxygen atoms in total. The Morgan fingerprint density at radius 1 is 1.31 bits per heavy atom. The number of sulfonamides is 1. The Morgan fingerprint density at radius 2 is 1.81 bits per heavy atom. The molecule has 90 valence electrons. The average molecular weight is 312 g/mol. The van der Waals surface area contributed by atoms with E-state index in [1.165, 1.54) is 20.3 Å². The number of nitrogens with zero attached hydrogens (tertiary/aromatic N) is 2. The van der Waals surface area contributed by atoms with Gasteiger partial charge >= 0.3 is 0 Å². The normalized spacial score (nSPS) is 10.9. The summed E-state index contributed by atoms with van der Waals surface area (Å²) in [6.07, 6.45) is 0. The minimum absolute atomic E-state index is 0.101. The van der Waals surface area contributed by atoms with Gasteiger partial charge in [0.1, 0.15) is 4.66 Å². The van der Waals surface area contributed by atoms with Crippen molar-refractivity contribution < 1.29 is 17.9 Å². The van der Waals surface area contributed by atoms with Gasteiger partial charge < -0.3 is 9.47 Å². The Bertz CT molecular complexity index is 442. The molecule has 1 heterocycles. The molecular weight excluding hydrogens is 302 g/mol. The van der Waals surface area contributed by atoms with E-state index in [9.17, 15) is 8.42 Å². The lowest BCUT2D eigenvalue weighted by Crippen LogP contribution is -2.15. The van der Waals surface area contributed by atoms with Crippen LogP contribution >= 0.6 is 15.9 Å². The summed E-state index contributed by atoms with van der Waals surface area (Å²) in [5.74, 6) is 0.314. The van der Waals surface area contributed by atoms with Crippen molar-refractivity contribution in [1.29, 1.82) is 0 Å². The van der Waals surface area contributed by atoms with Crippen LogP contribution in [0, 0.1) is 0 Å². The number of nitrogens with one attached hydrogen (secondary N) is 1. The molecule has 16 heavy (non-hydrogen) atoms. The quantitative estimate of drug-likeness (QED) is 0.800. The van der Waals surface area contributed by atoms with Crippen LogP contribution in [-0.4, -0.2) is 37.3 Å². The van der Waals surface area contributed by atoms with Crippen LogP contribution < -0.4 is 14.2 Å². The highest BCUT2D eigenvalue weighted by Gasteiger charge is 2.12. The molecule has 0 aliphatic rings. The van der Waals surface area contributed by atoms with Gasteiger partial charge in [-0.2, -0.15) is 9.97 Å². The maximum absolute atomic E-state index is 11.2. The van der Waals surface area contributed by atoms with E-state index in [1.54, 1.807) is 0 Å². The summed E-state index contributed by atoms with van der Waals surface area (Å²) in [6, 6.07) is 1.44. The molecule has 0 aliphatic carbocycles. The summed E-state index contributed by atoms with van der Waals surface area (Å²) < 4.78 is 34.1. The molecule has 0 amide bonds. The zero-order valence-corrected chi connectivity index (χ0v) is 11.0. The molecule has 1 aromatic heterocycles.